The fourth-order valence-electron chi connectivity index (χ4n) is 3.07. The lowest BCUT2D eigenvalue weighted by atomic mass is 9.92. The maximum atomic E-state index is 5.38. The molecule has 2 unspecified atom stereocenters. The first-order valence-electron chi connectivity index (χ1n) is 8.85. The Balaban J connectivity index is 0.000000152. The number of rotatable bonds is 0. The maximum Gasteiger partial charge on any atom is 0.216 e. The van der Waals surface area contributed by atoms with Gasteiger partial charge in [0.15, 0.2) is 0 Å². The number of aromatic nitrogens is 3. The van der Waals surface area contributed by atoms with Crippen LogP contribution in [0, 0.1) is 0 Å². The maximum absolute atomic E-state index is 5.38. The monoisotopic (exact) mass is 315 g/mol. The minimum Gasteiger partial charge on any atom is -0.477 e. The summed E-state index contributed by atoms with van der Waals surface area (Å²) in [6, 6.07) is 4.05. The molecule has 0 amide bonds. The van der Waals surface area contributed by atoms with Crippen LogP contribution >= 0.6 is 0 Å². The van der Waals surface area contributed by atoms with Crippen molar-refractivity contribution in [3.8, 4) is 5.88 Å². The lowest BCUT2D eigenvalue weighted by Gasteiger charge is -2.20. The van der Waals surface area contributed by atoms with Gasteiger partial charge in [-0.15, -0.1) is 0 Å². The van der Waals surface area contributed by atoms with E-state index in [9.17, 15) is 0 Å². The van der Waals surface area contributed by atoms with Crippen molar-refractivity contribution < 1.29 is 4.74 Å². The van der Waals surface area contributed by atoms with Crippen molar-refractivity contribution in [1.82, 2.24) is 15.0 Å². The fourth-order valence-corrected chi connectivity index (χ4v) is 3.07. The Morgan fingerprint density at radius 1 is 1.13 bits per heavy atom. The molecule has 0 saturated carbocycles. The van der Waals surface area contributed by atoms with Gasteiger partial charge in [-0.1, -0.05) is 33.8 Å². The highest BCUT2D eigenvalue weighted by atomic mass is 16.5. The summed E-state index contributed by atoms with van der Waals surface area (Å²) in [6.45, 7) is 9.27. The van der Waals surface area contributed by atoms with Gasteiger partial charge in [0.1, 0.15) is 0 Å². The SMILES string of the molecule is CC.CC1CCCc2[nH]cnc21.CC1CCOc2ncccc21. The number of hydrogen-bond donors (Lipinski definition) is 1. The lowest BCUT2D eigenvalue weighted by Crippen LogP contribution is -2.12. The molecule has 3 heterocycles. The van der Waals surface area contributed by atoms with Crippen LogP contribution in [-0.2, 0) is 6.42 Å². The van der Waals surface area contributed by atoms with Gasteiger partial charge in [0, 0.05) is 23.4 Å². The number of imidazole rings is 1. The third kappa shape index (κ3) is 4.34. The zero-order chi connectivity index (χ0) is 16.7. The molecule has 4 nitrogen and oxygen atoms in total. The summed E-state index contributed by atoms with van der Waals surface area (Å²) in [4.78, 5) is 11.6. The highest BCUT2D eigenvalue weighted by Gasteiger charge is 2.18. The molecule has 2 atom stereocenters. The van der Waals surface area contributed by atoms with Crippen molar-refractivity contribution in [2.24, 2.45) is 0 Å². The standard InChI is InChI=1S/C9H11NO.C8H12N2.C2H6/c1-7-4-6-11-9-8(7)3-2-5-10-9;1-6-3-2-4-7-8(6)10-5-9-7;1-2/h2-3,5,7H,4,6H2,1H3;5-6H,2-4H2,1H3,(H,9,10);1-2H3. The van der Waals surface area contributed by atoms with Gasteiger partial charge in [0.25, 0.3) is 0 Å². The van der Waals surface area contributed by atoms with Gasteiger partial charge in [-0.3, -0.25) is 0 Å². The van der Waals surface area contributed by atoms with Crippen LogP contribution < -0.4 is 4.74 Å². The second kappa shape index (κ2) is 8.70. The molecule has 0 radical (unpaired) electrons. The molecule has 23 heavy (non-hydrogen) atoms. The Kier molecular flexibility index (Phi) is 6.63. The molecule has 0 fully saturated rings. The molecule has 0 bridgehead atoms. The Morgan fingerprint density at radius 2 is 1.96 bits per heavy atom. The predicted molar refractivity (Wildman–Crippen MR) is 94.1 cm³/mol. The van der Waals surface area contributed by atoms with Crippen LogP contribution in [0.25, 0.3) is 0 Å². The smallest absolute Gasteiger partial charge is 0.216 e. The number of hydrogen-bond acceptors (Lipinski definition) is 3. The molecule has 0 aromatic carbocycles. The summed E-state index contributed by atoms with van der Waals surface area (Å²) in [7, 11) is 0. The van der Waals surface area contributed by atoms with E-state index >= 15 is 0 Å². The normalized spacial score (nSPS) is 21.4. The zero-order valence-electron chi connectivity index (χ0n) is 14.8. The van der Waals surface area contributed by atoms with E-state index in [0.29, 0.717) is 11.8 Å². The van der Waals surface area contributed by atoms with E-state index in [-0.39, 0.29) is 0 Å². The van der Waals surface area contributed by atoms with Crippen molar-refractivity contribution in [3.63, 3.8) is 0 Å². The molecule has 2 aliphatic rings. The molecule has 1 N–H and O–H groups in total. The second-order valence-electron chi connectivity index (χ2n) is 6.00. The number of nitrogens with one attached hydrogen (secondary N) is 1. The average Bonchev–Trinajstić information content (AvgIpc) is 3.08. The number of H-pyrrole nitrogens is 1. The fraction of sp³-hybridized carbons (Fsp3) is 0.579. The molecule has 0 spiro atoms. The Labute approximate surface area is 139 Å². The summed E-state index contributed by atoms with van der Waals surface area (Å²) >= 11 is 0. The predicted octanol–water partition coefficient (Wildman–Crippen LogP) is 4.84. The number of nitrogens with zero attached hydrogens (tertiary/aromatic N) is 2. The van der Waals surface area contributed by atoms with E-state index in [1.807, 2.05) is 26.2 Å². The van der Waals surface area contributed by atoms with Gasteiger partial charge in [0.2, 0.25) is 5.88 Å². The van der Waals surface area contributed by atoms with Gasteiger partial charge in [0.05, 0.1) is 18.6 Å². The summed E-state index contributed by atoms with van der Waals surface area (Å²) in [6.07, 6.45) is 8.51. The quantitative estimate of drug-likeness (QED) is 0.756. The molecule has 4 rings (SSSR count). The van der Waals surface area contributed by atoms with Crippen LogP contribution in [0.3, 0.4) is 0 Å². The van der Waals surface area contributed by atoms with Crippen molar-refractivity contribution in [2.75, 3.05) is 6.61 Å². The third-order valence-corrected chi connectivity index (χ3v) is 4.40. The molecule has 1 aliphatic heterocycles. The molecule has 1 aliphatic carbocycles. The molecular formula is C19H29N3O. The van der Waals surface area contributed by atoms with Crippen LogP contribution in [0.2, 0.25) is 0 Å². The van der Waals surface area contributed by atoms with Gasteiger partial charge in [-0.25, -0.2) is 9.97 Å². The van der Waals surface area contributed by atoms with E-state index in [2.05, 4.69) is 34.9 Å². The Bertz CT molecular complexity index is 594. The summed E-state index contributed by atoms with van der Waals surface area (Å²) in [5, 5.41) is 0. The van der Waals surface area contributed by atoms with Gasteiger partial charge >= 0.3 is 0 Å². The van der Waals surface area contributed by atoms with Crippen molar-refractivity contribution in [1.29, 1.82) is 0 Å². The highest BCUT2D eigenvalue weighted by Crippen LogP contribution is 2.30. The minimum absolute atomic E-state index is 0.604. The molecule has 0 saturated heterocycles. The summed E-state index contributed by atoms with van der Waals surface area (Å²) < 4.78 is 5.38. The van der Waals surface area contributed by atoms with Crippen LogP contribution in [0.5, 0.6) is 5.88 Å². The molecule has 2 aromatic heterocycles. The van der Waals surface area contributed by atoms with Gasteiger partial charge in [-0.2, -0.15) is 0 Å². The summed E-state index contributed by atoms with van der Waals surface area (Å²) in [5.74, 6) is 2.11. The largest absolute Gasteiger partial charge is 0.477 e. The third-order valence-electron chi connectivity index (χ3n) is 4.40. The Morgan fingerprint density at radius 3 is 2.70 bits per heavy atom. The molecular weight excluding hydrogens is 286 g/mol. The number of fused-ring (bicyclic) bond motifs is 2. The number of ether oxygens (including phenoxy) is 1. The first-order chi connectivity index (χ1) is 11.3. The lowest BCUT2D eigenvalue weighted by molar-refractivity contribution is 0.261. The van der Waals surface area contributed by atoms with E-state index in [1.54, 1.807) is 6.20 Å². The van der Waals surface area contributed by atoms with Crippen LogP contribution in [0.15, 0.2) is 24.7 Å². The number of pyridine rings is 1. The average molecular weight is 315 g/mol. The first-order valence-corrected chi connectivity index (χ1v) is 8.85. The highest BCUT2D eigenvalue weighted by molar-refractivity contribution is 5.30. The van der Waals surface area contributed by atoms with E-state index in [4.69, 9.17) is 4.74 Å². The minimum atomic E-state index is 0.604. The van der Waals surface area contributed by atoms with E-state index in [0.717, 1.165) is 18.9 Å². The number of aromatic amines is 1. The van der Waals surface area contributed by atoms with Crippen molar-refractivity contribution >= 4 is 0 Å². The van der Waals surface area contributed by atoms with Gasteiger partial charge < -0.3 is 9.72 Å². The molecule has 4 heteroatoms. The van der Waals surface area contributed by atoms with Gasteiger partial charge in [-0.05, 0) is 37.7 Å². The van der Waals surface area contributed by atoms with Crippen LogP contribution in [0.1, 0.15) is 75.7 Å². The van der Waals surface area contributed by atoms with Crippen molar-refractivity contribution in [2.45, 2.75) is 65.2 Å². The van der Waals surface area contributed by atoms with Crippen molar-refractivity contribution in [3.05, 3.63) is 41.6 Å². The summed E-state index contributed by atoms with van der Waals surface area (Å²) in [5.41, 5.74) is 3.91. The van der Waals surface area contributed by atoms with E-state index in [1.165, 1.54) is 36.2 Å². The molecule has 2 aromatic rings. The topological polar surface area (TPSA) is 50.8 Å². The van der Waals surface area contributed by atoms with E-state index < -0.39 is 0 Å². The zero-order valence-corrected chi connectivity index (χ0v) is 14.8. The first kappa shape index (κ1) is 17.5. The number of aryl methyl sites for hydroxylation is 1. The Hall–Kier alpha value is -1.84. The van der Waals surface area contributed by atoms with Crippen LogP contribution in [-0.4, -0.2) is 21.6 Å². The molecule has 126 valence electrons. The second-order valence-corrected chi connectivity index (χ2v) is 6.00. The van der Waals surface area contributed by atoms with Crippen LogP contribution in [0.4, 0.5) is 0 Å².